The van der Waals surface area contributed by atoms with Crippen LogP contribution in [0.5, 0.6) is 0 Å². The highest BCUT2D eigenvalue weighted by molar-refractivity contribution is 5.27. The molecule has 0 aromatic carbocycles. The first-order valence-electron chi connectivity index (χ1n) is 6.72. The average Bonchev–Trinajstić information content (AvgIpc) is 2.15. The molecule has 1 heteroatoms. The second kappa shape index (κ2) is 3.87. The van der Waals surface area contributed by atoms with Crippen LogP contribution in [0.15, 0.2) is 11.1 Å². The van der Waals surface area contributed by atoms with E-state index in [1.807, 2.05) is 0 Å². The fourth-order valence-electron chi connectivity index (χ4n) is 4.51. The van der Waals surface area contributed by atoms with Crippen molar-refractivity contribution in [3.05, 3.63) is 11.1 Å². The lowest BCUT2D eigenvalue weighted by Crippen LogP contribution is -2.46. The highest BCUT2D eigenvalue weighted by Crippen LogP contribution is 2.59. The van der Waals surface area contributed by atoms with Gasteiger partial charge in [-0.3, -0.25) is 0 Å². The van der Waals surface area contributed by atoms with E-state index in [2.05, 4.69) is 27.7 Å². The minimum Gasteiger partial charge on any atom is -0.392 e. The van der Waals surface area contributed by atoms with Gasteiger partial charge >= 0.3 is 0 Å². The van der Waals surface area contributed by atoms with Gasteiger partial charge in [-0.1, -0.05) is 32.8 Å². The van der Waals surface area contributed by atoms with Gasteiger partial charge in [-0.05, 0) is 54.9 Å². The zero-order valence-corrected chi connectivity index (χ0v) is 11.3. The Morgan fingerprint density at radius 3 is 2.56 bits per heavy atom. The van der Waals surface area contributed by atoms with E-state index in [0.717, 1.165) is 5.92 Å². The van der Waals surface area contributed by atoms with Crippen molar-refractivity contribution in [3.63, 3.8) is 0 Å². The van der Waals surface area contributed by atoms with E-state index in [1.54, 1.807) is 0 Å². The second-order valence-corrected chi connectivity index (χ2v) is 6.77. The monoisotopic (exact) mass is 222 g/mol. The molecule has 1 nitrogen and oxygen atoms in total. The van der Waals surface area contributed by atoms with Crippen molar-refractivity contribution in [1.82, 2.24) is 0 Å². The third-order valence-electron chi connectivity index (χ3n) is 5.40. The lowest BCUT2D eigenvalue weighted by Gasteiger charge is -2.54. The van der Waals surface area contributed by atoms with Crippen LogP contribution in [0.4, 0.5) is 0 Å². The normalized spacial score (nSPS) is 38.4. The molecule has 0 unspecified atom stereocenters. The quantitative estimate of drug-likeness (QED) is 0.667. The third kappa shape index (κ3) is 1.64. The molecule has 0 saturated heterocycles. The number of aliphatic hydroxyl groups excluding tert-OH is 1. The Labute approximate surface area is 99.9 Å². The molecular weight excluding hydrogens is 196 g/mol. The molecule has 16 heavy (non-hydrogen) atoms. The summed E-state index contributed by atoms with van der Waals surface area (Å²) in [4.78, 5) is 0. The summed E-state index contributed by atoms with van der Waals surface area (Å²) >= 11 is 0. The van der Waals surface area contributed by atoms with E-state index in [0.29, 0.717) is 5.41 Å². The molecule has 1 saturated carbocycles. The van der Waals surface area contributed by atoms with Crippen molar-refractivity contribution in [2.75, 3.05) is 6.61 Å². The minimum absolute atomic E-state index is 0.273. The van der Waals surface area contributed by atoms with Gasteiger partial charge in [-0.15, -0.1) is 0 Å². The summed E-state index contributed by atoms with van der Waals surface area (Å²) in [5.74, 6) is 0.764. The summed E-state index contributed by atoms with van der Waals surface area (Å²) in [5, 5.41) is 9.68. The average molecular weight is 222 g/mol. The lowest BCUT2D eigenvalue weighted by molar-refractivity contribution is 0.00584. The van der Waals surface area contributed by atoms with Crippen LogP contribution in [0.2, 0.25) is 0 Å². The van der Waals surface area contributed by atoms with Gasteiger partial charge < -0.3 is 5.11 Å². The maximum absolute atomic E-state index is 9.68. The van der Waals surface area contributed by atoms with Gasteiger partial charge in [0.05, 0.1) is 6.61 Å². The standard InChI is InChI=1S/C15H26O/c1-11-6-7-13-14(2,3)8-5-9-15(13,4)12(11)10-16/h13,16H,5-10H2,1-4H3/t13-,15+/m1/s1. The zero-order chi connectivity index (χ0) is 12.0. The topological polar surface area (TPSA) is 20.2 Å². The molecule has 92 valence electrons. The maximum Gasteiger partial charge on any atom is 0.0649 e. The van der Waals surface area contributed by atoms with Crippen LogP contribution < -0.4 is 0 Å². The molecule has 0 amide bonds. The number of hydrogen-bond donors (Lipinski definition) is 1. The number of aliphatic hydroxyl groups is 1. The molecule has 0 radical (unpaired) electrons. The molecule has 0 bridgehead atoms. The molecule has 0 aromatic heterocycles. The van der Waals surface area contributed by atoms with E-state index < -0.39 is 0 Å². The van der Waals surface area contributed by atoms with Gasteiger partial charge in [0, 0.05) is 0 Å². The van der Waals surface area contributed by atoms with Crippen LogP contribution in [0.25, 0.3) is 0 Å². The molecule has 2 aliphatic rings. The molecule has 0 heterocycles. The Bertz CT molecular complexity index is 313. The second-order valence-electron chi connectivity index (χ2n) is 6.77. The summed E-state index contributed by atoms with van der Waals surface area (Å²) < 4.78 is 0. The van der Waals surface area contributed by atoms with Crippen LogP contribution >= 0.6 is 0 Å². The first kappa shape index (κ1) is 12.2. The van der Waals surface area contributed by atoms with E-state index in [1.165, 1.54) is 43.3 Å². The van der Waals surface area contributed by atoms with Crippen LogP contribution in [0.1, 0.15) is 59.8 Å². The van der Waals surface area contributed by atoms with Gasteiger partial charge in [0.15, 0.2) is 0 Å². The Kier molecular flexibility index (Phi) is 2.94. The van der Waals surface area contributed by atoms with Crippen molar-refractivity contribution < 1.29 is 5.11 Å². The Morgan fingerprint density at radius 2 is 1.94 bits per heavy atom. The Morgan fingerprint density at radius 1 is 1.25 bits per heavy atom. The lowest BCUT2D eigenvalue weighted by atomic mass is 9.50. The molecule has 1 N–H and O–H groups in total. The molecule has 2 aliphatic carbocycles. The molecule has 0 aliphatic heterocycles. The van der Waals surface area contributed by atoms with Crippen LogP contribution in [0.3, 0.4) is 0 Å². The van der Waals surface area contributed by atoms with E-state index in [4.69, 9.17) is 0 Å². The number of fused-ring (bicyclic) bond motifs is 1. The van der Waals surface area contributed by atoms with Crippen molar-refractivity contribution >= 4 is 0 Å². The van der Waals surface area contributed by atoms with Crippen LogP contribution in [-0.2, 0) is 0 Å². The first-order valence-corrected chi connectivity index (χ1v) is 6.72. The van der Waals surface area contributed by atoms with E-state index in [9.17, 15) is 5.11 Å². The van der Waals surface area contributed by atoms with Gasteiger partial charge in [-0.2, -0.15) is 0 Å². The van der Waals surface area contributed by atoms with Crippen LogP contribution in [-0.4, -0.2) is 11.7 Å². The first-order chi connectivity index (χ1) is 7.42. The van der Waals surface area contributed by atoms with Gasteiger partial charge in [0.2, 0.25) is 0 Å². The highest BCUT2D eigenvalue weighted by atomic mass is 16.3. The molecule has 1 fully saturated rings. The largest absolute Gasteiger partial charge is 0.392 e. The summed E-state index contributed by atoms with van der Waals surface area (Å²) in [6, 6.07) is 0. The fourth-order valence-corrected chi connectivity index (χ4v) is 4.51. The molecule has 2 atom stereocenters. The minimum atomic E-state index is 0.273. The van der Waals surface area contributed by atoms with Crippen molar-refractivity contribution in [3.8, 4) is 0 Å². The maximum atomic E-state index is 9.68. The van der Waals surface area contributed by atoms with Gasteiger partial charge in [0.1, 0.15) is 0 Å². The highest BCUT2D eigenvalue weighted by Gasteiger charge is 2.49. The van der Waals surface area contributed by atoms with Gasteiger partial charge in [-0.25, -0.2) is 0 Å². The summed E-state index contributed by atoms with van der Waals surface area (Å²) in [6.45, 7) is 9.73. The third-order valence-corrected chi connectivity index (χ3v) is 5.40. The van der Waals surface area contributed by atoms with Crippen molar-refractivity contribution in [1.29, 1.82) is 0 Å². The summed E-state index contributed by atoms with van der Waals surface area (Å²) in [7, 11) is 0. The van der Waals surface area contributed by atoms with Crippen LogP contribution in [0, 0.1) is 16.7 Å². The predicted molar refractivity (Wildman–Crippen MR) is 68.2 cm³/mol. The molecule has 0 spiro atoms. The molecule has 0 aromatic rings. The number of allylic oxidation sites excluding steroid dienone is 1. The predicted octanol–water partition coefficient (Wildman–Crippen LogP) is 3.92. The summed E-state index contributed by atoms with van der Waals surface area (Å²) in [6.07, 6.45) is 6.45. The number of hydrogen-bond acceptors (Lipinski definition) is 1. The molecule has 2 rings (SSSR count). The Hall–Kier alpha value is -0.300. The van der Waals surface area contributed by atoms with E-state index in [-0.39, 0.29) is 12.0 Å². The Balaban J connectivity index is 2.42. The van der Waals surface area contributed by atoms with Gasteiger partial charge in [0.25, 0.3) is 0 Å². The number of rotatable bonds is 1. The fraction of sp³-hybridized carbons (Fsp3) is 0.867. The smallest absolute Gasteiger partial charge is 0.0649 e. The van der Waals surface area contributed by atoms with E-state index >= 15 is 0 Å². The molecular formula is C15H26O. The summed E-state index contributed by atoms with van der Waals surface area (Å²) in [5.41, 5.74) is 3.54. The van der Waals surface area contributed by atoms with Crippen molar-refractivity contribution in [2.24, 2.45) is 16.7 Å². The van der Waals surface area contributed by atoms with Crippen molar-refractivity contribution in [2.45, 2.75) is 59.8 Å². The zero-order valence-electron chi connectivity index (χ0n) is 11.3. The SMILES string of the molecule is CC1=C(CO)[C@]2(C)CCCC(C)(C)[C@H]2CC1.